The highest BCUT2D eigenvalue weighted by Gasteiger charge is 2.27. The summed E-state index contributed by atoms with van der Waals surface area (Å²) in [6, 6.07) is 9.22. The highest BCUT2D eigenvalue weighted by atomic mass is 19.1. The van der Waals surface area contributed by atoms with Gasteiger partial charge in [0.25, 0.3) is 0 Å². The molecular weight excluding hydrogens is 315 g/mol. The van der Waals surface area contributed by atoms with E-state index in [1.807, 2.05) is 18.2 Å². The van der Waals surface area contributed by atoms with E-state index >= 15 is 0 Å². The molecule has 0 N–H and O–H groups in total. The number of hydrogen-bond acceptors (Lipinski definition) is 4. The lowest BCUT2D eigenvalue weighted by atomic mass is 10.0. The molecule has 2 aromatic rings. The van der Waals surface area contributed by atoms with Crippen molar-refractivity contribution in [3.63, 3.8) is 0 Å². The maximum Gasteiger partial charge on any atom is 0.142 e. The molecule has 1 atom stereocenters. The van der Waals surface area contributed by atoms with Crippen molar-refractivity contribution in [3.05, 3.63) is 59.9 Å². The molecule has 1 unspecified atom stereocenters. The van der Waals surface area contributed by atoms with E-state index in [1.54, 1.807) is 24.5 Å². The minimum absolute atomic E-state index is 0.172. The van der Waals surface area contributed by atoms with Crippen LogP contribution >= 0.6 is 0 Å². The van der Waals surface area contributed by atoms with E-state index in [0.717, 1.165) is 45.0 Å². The summed E-state index contributed by atoms with van der Waals surface area (Å²) in [6.45, 7) is 9.37. The maximum atomic E-state index is 13.2. The van der Waals surface area contributed by atoms with Gasteiger partial charge in [-0.1, -0.05) is 26.0 Å². The molecule has 1 aromatic heterocycles. The molecular formula is C20H27FN4. The normalized spacial score (nSPS) is 19.9. The van der Waals surface area contributed by atoms with Crippen LogP contribution in [0.4, 0.5) is 4.39 Å². The summed E-state index contributed by atoms with van der Waals surface area (Å²) in [5, 5.41) is 0. The van der Waals surface area contributed by atoms with Crippen molar-refractivity contribution in [2.75, 3.05) is 19.6 Å². The minimum Gasteiger partial charge on any atom is -0.295 e. The maximum absolute atomic E-state index is 13.2. The first-order chi connectivity index (χ1) is 12.1. The summed E-state index contributed by atoms with van der Waals surface area (Å²) in [6.07, 6.45) is 4.74. The summed E-state index contributed by atoms with van der Waals surface area (Å²) >= 11 is 0. The lowest BCUT2D eigenvalue weighted by molar-refractivity contribution is 0.129. The first-order valence-corrected chi connectivity index (χ1v) is 9.08. The van der Waals surface area contributed by atoms with Crippen molar-refractivity contribution in [1.29, 1.82) is 0 Å². The van der Waals surface area contributed by atoms with Gasteiger partial charge in [0, 0.05) is 38.1 Å². The molecule has 0 amide bonds. The van der Waals surface area contributed by atoms with Crippen LogP contribution in [0, 0.1) is 11.7 Å². The molecule has 1 aromatic carbocycles. The number of halogens is 1. The molecule has 0 spiro atoms. The van der Waals surface area contributed by atoms with Crippen molar-refractivity contribution in [2.45, 2.75) is 39.4 Å². The minimum atomic E-state index is -0.172. The van der Waals surface area contributed by atoms with Crippen LogP contribution in [0.15, 0.2) is 42.7 Å². The Kier molecular flexibility index (Phi) is 6.10. The zero-order valence-electron chi connectivity index (χ0n) is 15.1. The van der Waals surface area contributed by atoms with Gasteiger partial charge >= 0.3 is 0 Å². The Morgan fingerprint density at radius 2 is 1.80 bits per heavy atom. The molecule has 1 fully saturated rings. The molecule has 0 saturated carbocycles. The Balaban J connectivity index is 1.69. The van der Waals surface area contributed by atoms with Crippen LogP contribution in [-0.2, 0) is 13.1 Å². The average Bonchev–Trinajstić information content (AvgIpc) is 2.80. The van der Waals surface area contributed by atoms with Crippen LogP contribution < -0.4 is 0 Å². The lowest BCUT2D eigenvalue weighted by Crippen LogP contribution is -2.44. The molecule has 1 aliphatic heterocycles. The van der Waals surface area contributed by atoms with Crippen molar-refractivity contribution in [2.24, 2.45) is 5.92 Å². The van der Waals surface area contributed by atoms with Crippen molar-refractivity contribution < 1.29 is 4.39 Å². The van der Waals surface area contributed by atoms with Gasteiger partial charge < -0.3 is 0 Å². The molecule has 0 aliphatic carbocycles. The molecule has 1 saturated heterocycles. The lowest BCUT2D eigenvalue weighted by Gasteiger charge is -2.34. The van der Waals surface area contributed by atoms with Crippen LogP contribution in [0.1, 0.15) is 31.7 Å². The van der Waals surface area contributed by atoms with E-state index in [4.69, 9.17) is 0 Å². The average molecular weight is 342 g/mol. The number of aromatic nitrogens is 2. The first kappa shape index (κ1) is 18.0. The number of rotatable bonds is 5. The van der Waals surface area contributed by atoms with Gasteiger partial charge in [-0.15, -0.1) is 0 Å². The largest absolute Gasteiger partial charge is 0.295 e. The molecule has 3 rings (SSSR count). The predicted octanol–water partition coefficient (Wildman–Crippen LogP) is 3.35. The fourth-order valence-corrected chi connectivity index (χ4v) is 3.54. The van der Waals surface area contributed by atoms with E-state index < -0.39 is 0 Å². The Bertz CT molecular complexity index is 645. The van der Waals surface area contributed by atoms with E-state index in [9.17, 15) is 4.39 Å². The fraction of sp³-hybridized carbons (Fsp3) is 0.500. The molecule has 1 aliphatic rings. The summed E-state index contributed by atoms with van der Waals surface area (Å²) in [7, 11) is 0. The highest BCUT2D eigenvalue weighted by molar-refractivity contribution is 5.16. The summed E-state index contributed by atoms with van der Waals surface area (Å²) in [4.78, 5) is 13.7. The second-order valence-electron chi connectivity index (χ2n) is 7.16. The van der Waals surface area contributed by atoms with Gasteiger partial charge in [0.05, 0.1) is 6.54 Å². The third-order valence-corrected chi connectivity index (χ3v) is 4.89. The second-order valence-corrected chi connectivity index (χ2v) is 7.16. The third-order valence-electron chi connectivity index (χ3n) is 4.89. The van der Waals surface area contributed by atoms with Gasteiger partial charge in [0.15, 0.2) is 0 Å². The fourth-order valence-electron chi connectivity index (χ4n) is 3.54. The quantitative estimate of drug-likeness (QED) is 0.834. The molecule has 5 heteroatoms. The number of hydrogen-bond donors (Lipinski definition) is 0. The van der Waals surface area contributed by atoms with Crippen LogP contribution in [0.2, 0.25) is 0 Å². The van der Waals surface area contributed by atoms with Crippen molar-refractivity contribution >= 4 is 0 Å². The van der Waals surface area contributed by atoms with Crippen LogP contribution in [-0.4, -0.2) is 45.4 Å². The Labute approximate surface area is 149 Å². The third kappa shape index (κ3) is 5.06. The first-order valence-electron chi connectivity index (χ1n) is 9.08. The van der Waals surface area contributed by atoms with Crippen LogP contribution in [0.25, 0.3) is 0 Å². The van der Waals surface area contributed by atoms with Crippen LogP contribution in [0.3, 0.4) is 0 Å². The van der Waals surface area contributed by atoms with E-state index in [2.05, 4.69) is 33.6 Å². The molecule has 134 valence electrons. The standard InChI is InChI=1S/C20H27FN4/c1-16(2)19-14-24(15-20-22-9-3-10-23-20)11-4-12-25(19)13-17-5-7-18(21)8-6-17/h3,5-10,16,19H,4,11-15H2,1-2H3. The van der Waals surface area contributed by atoms with Crippen LogP contribution in [0.5, 0.6) is 0 Å². The summed E-state index contributed by atoms with van der Waals surface area (Å²) in [5.41, 5.74) is 1.17. The zero-order chi connectivity index (χ0) is 17.6. The molecule has 4 nitrogen and oxygen atoms in total. The Morgan fingerprint density at radius 3 is 2.48 bits per heavy atom. The molecule has 2 heterocycles. The SMILES string of the molecule is CC(C)C1CN(Cc2ncccn2)CCCN1Cc1ccc(F)cc1. The summed E-state index contributed by atoms with van der Waals surface area (Å²) < 4.78 is 13.2. The van der Waals surface area contributed by atoms with Gasteiger partial charge in [0.1, 0.15) is 11.6 Å². The van der Waals surface area contributed by atoms with Gasteiger partial charge in [0.2, 0.25) is 0 Å². The monoisotopic (exact) mass is 342 g/mol. The molecule has 25 heavy (non-hydrogen) atoms. The van der Waals surface area contributed by atoms with Gasteiger partial charge in [-0.25, -0.2) is 14.4 Å². The number of benzene rings is 1. The van der Waals surface area contributed by atoms with Gasteiger partial charge in [-0.2, -0.15) is 0 Å². The molecule has 0 bridgehead atoms. The zero-order valence-corrected chi connectivity index (χ0v) is 15.1. The topological polar surface area (TPSA) is 32.3 Å². The van der Waals surface area contributed by atoms with Crippen molar-refractivity contribution in [1.82, 2.24) is 19.8 Å². The number of nitrogens with zero attached hydrogens (tertiary/aromatic N) is 4. The summed E-state index contributed by atoms with van der Waals surface area (Å²) in [5.74, 6) is 1.27. The highest BCUT2D eigenvalue weighted by Crippen LogP contribution is 2.20. The Morgan fingerprint density at radius 1 is 1.08 bits per heavy atom. The predicted molar refractivity (Wildman–Crippen MR) is 97.4 cm³/mol. The van der Waals surface area contributed by atoms with E-state index in [-0.39, 0.29) is 5.82 Å². The second kappa shape index (κ2) is 8.50. The van der Waals surface area contributed by atoms with Gasteiger partial charge in [-0.3, -0.25) is 9.80 Å². The Hall–Kier alpha value is -1.85. The van der Waals surface area contributed by atoms with Gasteiger partial charge in [-0.05, 0) is 42.6 Å². The van der Waals surface area contributed by atoms with E-state index in [0.29, 0.717) is 12.0 Å². The smallest absolute Gasteiger partial charge is 0.142 e. The molecule has 0 radical (unpaired) electrons. The van der Waals surface area contributed by atoms with Crippen molar-refractivity contribution in [3.8, 4) is 0 Å². The van der Waals surface area contributed by atoms with E-state index in [1.165, 1.54) is 5.56 Å².